The van der Waals surface area contributed by atoms with Crippen LogP contribution in [0.2, 0.25) is 0 Å². The number of Topliss-reactive ketones (excluding diaryl/α,β-unsaturated/α-hetero) is 1. The molecule has 0 saturated heterocycles. The van der Waals surface area contributed by atoms with Crippen LogP contribution < -0.4 is 0 Å². The van der Waals surface area contributed by atoms with Crippen molar-refractivity contribution in [3.8, 4) is 33.9 Å². The van der Waals surface area contributed by atoms with Crippen molar-refractivity contribution in [2.75, 3.05) is 0 Å². The van der Waals surface area contributed by atoms with Crippen LogP contribution in [-0.4, -0.2) is 30.3 Å². The molecule has 156 valence electrons. The standard InChI is InChI=1S/C26H21N5O/c1-17-3-4-21(13-18(17)2)19-5-7-20(8-6-19)26-29-22-10-12-31(14-24(22)30-26)15-25(32)23-9-11-27-16-28-23/h3-14,16H,15H2,1-2H3. The van der Waals surface area contributed by atoms with E-state index in [4.69, 9.17) is 0 Å². The molecule has 1 aromatic heterocycles. The van der Waals surface area contributed by atoms with Gasteiger partial charge in [0.15, 0.2) is 5.82 Å². The van der Waals surface area contributed by atoms with Crippen molar-refractivity contribution < 1.29 is 4.79 Å². The predicted molar refractivity (Wildman–Crippen MR) is 123 cm³/mol. The number of carbonyl (C=O) groups is 1. The molecule has 0 amide bonds. The summed E-state index contributed by atoms with van der Waals surface area (Å²) in [6.45, 7) is 4.43. The highest BCUT2D eigenvalue weighted by molar-refractivity contribution is 5.93. The van der Waals surface area contributed by atoms with E-state index in [0.29, 0.717) is 11.5 Å². The lowest BCUT2D eigenvalue weighted by Crippen LogP contribution is -2.12. The average Bonchev–Trinajstić information content (AvgIpc) is 3.25. The van der Waals surface area contributed by atoms with Crippen molar-refractivity contribution in [2.45, 2.75) is 20.4 Å². The second kappa shape index (κ2) is 8.15. The summed E-state index contributed by atoms with van der Waals surface area (Å²) in [6, 6.07) is 18.3. The SMILES string of the molecule is Cc1ccc(-c2ccc(-c3nc4ccn(CC(=O)c5ccncn5)cc-4n3)cc2)cc1C. The van der Waals surface area contributed by atoms with Gasteiger partial charge in [0.25, 0.3) is 0 Å². The molecule has 6 heteroatoms. The summed E-state index contributed by atoms with van der Waals surface area (Å²) in [7, 11) is 0. The van der Waals surface area contributed by atoms with Crippen molar-refractivity contribution in [1.29, 1.82) is 0 Å². The fourth-order valence-corrected chi connectivity index (χ4v) is 3.61. The molecular formula is C26H21N5O. The molecule has 0 aliphatic carbocycles. The Labute approximate surface area is 186 Å². The van der Waals surface area contributed by atoms with Crippen LogP contribution in [0.3, 0.4) is 0 Å². The van der Waals surface area contributed by atoms with Crippen LogP contribution in [0.4, 0.5) is 0 Å². The Morgan fingerprint density at radius 3 is 2.34 bits per heavy atom. The van der Waals surface area contributed by atoms with E-state index < -0.39 is 0 Å². The number of hydrogen-bond acceptors (Lipinski definition) is 5. The predicted octanol–water partition coefficient (Wildman–Crippen LogP) is 5.01. The fraction of sp³-hybridized carbons (Fsp3) is 0.115. The van der Waals surface area contributed by atoms with Crippen LogP contribution >= 0.6 is 0 Å². The highest BCUT2D eigenvalue weighted by Crippen LogP contribution is 2.28. The number of nitrogens with zero attached hydrogens (tertiary/aromatic N) is 5. The van der Waals surface area contributed by atoms with E-state index in [1.807, 2.05) is 30.6 Å². The number of aromatic nitrogens is 5. The summed E-state index contributed by atoms with van der Waals surface area (Å²) in [5, 5.41) is 0. The van der Waals surface area contributed by atoms with Gasteiger partial charge in [-0.25, -0.2) is 19.9 Å². The molecule has 3 aromatic rings. The summed E-state index contributed by atoms with van der Waals surface area (Å²) < 4.78 is 1.80. The minimum absolute atomic E-state index is 0.0848. The monoisotopic (exact) mass is 419 g/mol. The van der Waals surface area contributed by atoms with E-state index in [0.717, 1.165) is 22.5 Å². The third-order valence-corrected chi connectivity index (χ3v) is 5.60. The van der Waals surface area contributed by atoms with Gasteiger partial charge in [-0.3, -0.25) is 4.79 Å². The van der Waals surface area contributed by atoms with Crippen molar-refractivity contribution in [3.63, 3.8) is 0 Å². The Balaban J connectivity index is 1.38. The molecule has 0 radical (unpaired) electrons. The summed E-state index contributed by atoms with van der Waals surface area (Å²) in [5.74, 6) is 0.588. The topological polar surface area (TPSA) is 73.6 Å². The normalized spacial score (nSPS) is 11.1. The van der Waals surface area contributed by atoms with Crippen LogP contribution in [0, 0.1) is 13.8 Å². The first-order valence-corrected chi connectivity index (χ1v) is 10.4. The quantitative estimate of drug-likeness (QED) is 0.375. The third-order valence-electron chi connectivity index (χ3n) is 5.60. The van der Waals surface area contributed by atoms with Crippen LogP contribution in [0.5, 0.6) is 0 Å². The Morgan fingerprint density at radius 2 is 1.59 bits per heavy atom. The second-order valence-corrected chi connectivity index (χ2v) is 7.83. The third kappa shape index (κ3) is 3.90. The summed E-state index contributed by atoms with van der Waals surface area (Å²) in [6.07, 6.45) is 6.62. The number of rotatable bonds is 5. The maximum atomic E-state index is 12.4. The number of pyridine rings is 1. The number of carbonyl (C=O) groups excluding carboxylic acids is 1. The summed E-state index contributed by atoms with van der Waals surface area (Å²) in [4.78, 5) is 29.6. The maximum absolute atomic E-state index is 12.4. The molecular weight excluding hydrogens is 398 g/mol. The molecule has 0 atom stereocenters. The lowest BCUT2D eigenvalue weighted by Gasteiger charge is -2.06. The molecule has 0 N–H and O–H groups in total. The van der Waals surface area contributed by atoms with Gasteiger partial charge in [-0.2, -0.15) is 0 Å². The first-order valence-electron chi connectivity index (χ1n) is 10.4. The second-order valence-electron chi connectivity index (χ2n) is 7.83. The number of imidazole rings is 1. The van der Waals surface area contributed by atoms with E-state index in [-0.39, 0.29) is 12.3 Å². The van der Waals surface area contributed by atoms with E-state index in [1.165, 1.54) is 23.0 Å². The highest BCUT2D eigenvalue weighted by Gasteiger charge is 2.14. The molecule has 0 fully saturated rings. The molecule has 2 aliphatic rings. The molecule has 0 bridgehead atoms. The molecule has 3 heterocycles. The molecule has 6 nitrogen and oxygen atoms in total. The molecule has 32 heavy (non-hydrogen) atoms. The Hall–Kier alpha value is -4.19. The Morgan fingerprint density at radius 1 is 0.844 bits per heavy atom. The molecule has 0 saturated carbocycles. The lowest BCUT2D eigenvalue weighted by atomic mass is 9.99. The summed E-state index contributed by atoms with van der Waals surface area (Å²) in [5.41, 5.74) is 7.82. The minimum atomic E-state index is -0.0848. The van der Waals surface area contributed by atoms with Gasteiger partial charge in [0.1, 0.15) is 17.7 Å². The summed E-state index contributed by atoms with van der Waals surface area (Å²) >= 11 is 0. The molecule has 0 spiro atoms. The van der Waals surface area contributed by atoms with Gasteiger partial charge in [0.2, 0.25) is 5.78 Å². The number of fused-ring (bicyclic) bond motifs is 1. The van der Waals surface area contributed by atoms with Crippen molar-refractivity contribution in [1.82, 2.24) is 24.5 Å². The van der Waals surface area contributed by atoms with Crippen molar-refractivity contribution in [3.05, 3.63) is 96.3 Å². The number of hydrogen-bond donors (Lipinski definition) is 0. The number of benzene rings is 2. The van der Waals surface area contributed by atoms with Gasteiger partial charge >= 0.3 is 0 Å². The average molecular weight is 419 g/mol. The minimum Gasteiger partial charge on any atom is -0.344 e. The van der Waals surface area contributed by atoms with Gasteiger partial charge in [0.05, 0.1) is 12.2 Å². The Bertz CT molecular complexity index is 1370. The van der Waals surface area contributed by atoms with Gasteiger partial charge in [-0.15, -0.1) is 0 Å². The van der Waals surface area contributed by atoms with E-state index in [2.05, 4.69) is 64.1 Å². The highest BCUT2D eigenvalue weighted by atomic mass is 16.1. The largest absolute Gasteiger partial charge is 0.344 e. The number of aryl methyl sites for hydroxylation is 2. The Kier molecular flexibility index (Phi) is 5.03. The maximum Gasteiger partial charge on any atom is 0.200 e. The van der Waals surface area contributed by atoms with Gasteiger partial charge in [-0.05, 0) is 48.2 Å². The smallest absolute Gasteiger partial charge is 0.200 e. The van der Waals surface area contributed by atoms with Crippen molar-refractivity contribution in [2.24, 2.45) is 0 Å². The van der Waals surface area contributed by atoms with Gasteiger partial charge in [0, 0.05) is 24.2 Å². The van der Waals surface area contributed by atoms with Crippen LogP contribution in [-0.2, 0) is 6.54 Å². The lowest BCUT2D eigenvalue weighted by molar-refractivity contribution is 0.0967. The van der Waals surface area contributed by atoms with Crippen LogP contribution in [0.15, 0.2) is 79.5 Å². The first kappa shape index (κ1) is 19.8. The van der Waals surface area contributed by atoms with E-state index in [9.17, 15) is 4.79 Å². The van der Waals surface area contributed by atoms with Gasteiger partial charge < -0.3 is 4.57 Å². The zero-order chi connectivity index (χ0) is 22.1. The zero-order valence-corrected chi connectivity index (χ0v) is 17.9. The first-order chi connectivity index (χ1) is 15.6. The number of ketones is 1. The fourth-order valence-electron chi connectivity index (χ4n) is 3.61. The van der Waals surface area contributed by atoms with E-state index in [1.54, 1.807) is 16.8 Å². The van der Waals surface area contributed by atoms with E-state index >= 15 is 0 Å². The zero-order valence-electron chi connectivity index (χ0n) is 17.9. The molecule has 2 aliphatic heterocycles. The van der Waals surface area contributed by atoms with Gasteiger partial charge in [-0.1, -0.05) is 42.5 Å². The molecule has 2 aromatic carbocycles. The molecule has 0 unspecified atom stereocenters. The molecule has 5 rings (SSSR count). The van der Waals surface area contributed by atoms with Crippen LogP contribution in [0.25, 0.3) is 33.9 Å². The van der Waals surface area contributed by atoms with Crippen LogP contribution in [0.1, 0.15) is 21.6 Å². The van der Waals surface area contributed by atoms with Crippen molar-refractivity contribution >= 4 is 5.78 Å².